The van der Waals surface area contributed by atoms with Crippen LogP contribution in [0.15, 0.2) is 29.2 Å². The predicted molar refractivity (Wildman–Crippen MR) is 69.7 cm³/mol. The van der Waals surface area contributed by atoms with Gasteiger partial charge in [0.1, 0.15) is 0 Å². The van der Waals surface area contributed by atoms with Crippen molar-refractivity contribution in [1.82, 2.24) is 4.72 Å². The van der Waals surface area contributed by atoms with Crippen molar-refractivity contribution in [3.05, 3.63) is 29.8 Å². The molecule has 1 aromatic carbocycles. The molecule has 0 radical (unpaired) electrons. The van der Waals surface area contributed by atoms with E-state index in [4.69, 9.17) is 4.74 Å². The summed E-state index contributed by atoms with van der Waals surface area (Å²) in [5.41, 5.74) is 0.970. The molecule has 1 saturated carbocycles. The monoisotopic (exact) mass is 269 g/mol. The molecule has 0 bridgehead atoms. The fraction of sp³-hybridized carbons (Fsp3) is 0.538. The molecule has 0 spiro atoms. The number of sulfonamides is 1. The van der Waals surface area contributed by atoms with Gasteiger partial charge in [-0.3, -0.25) is 0 Å². The topological polar surface area (TPSA) is 55.4 Å². The van der Waals surface area contributed by atoms with E-state index in [2.05, 4.69) is 4.72 Å². The van der Waals surface area contributed by atoms with Gasteiger partial charge in [0.05, 0.1) is 11.5 Å². The van der Waals surface area contributed by atoms with Crippen molar-refractivity contribution in [2.75, 3.05) is 7.11 Å². The summed E-state index contributed by atoms with van der Waals surface area (Å²) in [6, 6.07) is 6.94. The number of hydrogen-bond acceptors (Lipinski definition) is 3. The summed E-state index contributed by atoms with van der Waals surface area (Å²) in [6.07, 6.45) is 4.11. The van der Waals surface area contributed by atoms with Crippen molar-refractivity contribution in [2.24, 2.45) is 0 Å². The summed E-state index contributed by atoms with van der Waals surface area (Å²) in [5, 5.41) is 0. The van der Waals surface area contributed by atoms with Gasteiger partial charge >= 0.3 is 0 Å². The quantitative estimate of drug-likeness (QED) is 0.890. The molecule has 1 fully saturated rings. The van der Waals surface area contributed by atoms with Crippen LogP contribution in [0.2, 0.25) is 0 Å². The fourth-order valence-corrected chi connectivity index (χ4v) is 3.57. The Morgan fingerprint density at radius 3 is 2.39 bits per heavy atom. The van der Waals surface area contributed by atoms with Crippen LogP contribution in [0.5, 0.6) is 0 Å². The lowest BCUT2D eigenvalue weighted by atomic mass is 10.2. The molecule has 0 aromatic heterocycles. The molecule has 4 nitrogen and oxygen atoms in total. The molecule has 1 aliphatic carbocycles. The van der Waals surface area contributed by atoms with Crippen LogP contribution >= 0.6 is 0 Å². The Hall–Kier alpha value is -0.910. The lowest BCUT2D eigenvalue weighted by Crippen LogP contribution is -2.32. The Morgan fingerprint density at radius 2 is 1.83 bits per heavy atom. The van der Waals surface area contributed by atoms with Crippen LogP contribution in [0, 0.1) is 0 Å². The minimum atomic E-state index is -3.37. The molecule has 2 rings (SSSR count). The van der Waals surface area contributed by atoms with Crippen molar-refractivity contribution in [3.8, 4) is 0 Å². The molecule has 0 aliphatic heterocycles. The molecule has 100 valence electrons. The molecule has 1 aromatic rings. The van der Waals surface area contributed by atoms with Crippen molar-refractivity contribution < 1.29 is 13.2 Å². The van der Waals surface area contributed by atoms with E-state index in [-0.39, 0.29) is 6.04 Å². The Balaban J connectivity index is 2.08. The smallest absolute Gasteiger partial charge is 0.240 e. The van der Waals surface area contributed by atoms with Crippen LogP contribution in [0.4, 0.5) is 0 Å². The second kappa shape index (κ2) is 5.82. The highest BCUT2D eigenvalue weighted by molar-refractivity contribution is 7.89. The van der Waals surface area contributed by atoms with Crippen LogP contribution in [0.3, 0.4) is 0 Å². The maximum atomic E-state index is 12.1. The van der Waals surface area contributed by atoms with E-state index >= 15 is 0 Å². The van der Waals surface area contributed by atoms with Crippen molar-refractivity contribution in [3.63, 3.8) is 0 Å². The molecular formula is C13H19NO3S. The molecule has 18 heavy (non-hydrogen) atoms. The number of ether oxygens (including phenoxy) is 1. The van der Waals surface area contributed by atoms with Gasteiger partial charge in [0.15, 0.2) is 0 Å². The first-order valence-corrected chi connectivity index (χ1v) is 7.70. The number of nitrogens with one attached hydrogen (secondary N) is 1. The van der Waals surface area contributed by atoms with Gasteiger partial charge in [0.2, 0.25) is 10.0 Å². The third-order valence-corrected chi connectivity index (χ3v) is 4.76. The molecule has 5 heteroatoms. The zero-order chi connectivity index (χ0) is 13.0. The largest absolute Gasteiger partial charge is 0.380 e. The number of rotatable bonds is 5. The SMILES string of the molecule is COCc1ccc(S(=O)(=O)NC2CCCC2)cc1. The van der Waals surface area contributed by atoms with E-state index in [9.17, 15) is 8.42 Å². The van der Waals surface area contributed by atoms with Crippen LogP contribution < -0.4 is 4.72 Å². The average Bonchev–Trinajstić information content (AvgIpc) is 2.82. The van der Waals surface area contributed by atoms with Gasteiger partial charge in [-0.15, -0.1) is 0 Å². The molecule has 1 aliphatic rings. The fourth-order valence-electron chi connectivity index (χ4n) is 2.26. The van der Waals surface area contributed by atoms with Gasteiger partial charge < -0.3 is 4.74 Å². The molecule has 0 amide bonds. The van der Waals surface area contributed by atoms with E-state index < -0.39 is 10.0 Å². The van der Waals surface area contributed by atoms with Gasteiger partial charge in [0, 0.05) is 13.2 Å². The van der Waals surface area contributed by atoms with Crippen molar-refractivity contribution >= 4 is 10.0 Å². The minimum absolute atomic E-state index is 0.105. The highest BCUT2D eigenvalue weighted by Crippen LogP contribution is 2.20. The van der Waals surface area contributed by atoms with E-state index in [0.29, 0.717) is 11.5 Å². The average molecular weight is 269 g/mol. The second-order valence-corrected chi connectivity index (χ2v) is 6.39. The first-order chi connectivity index (χ1) is 8.62. The Kier molecular flexibility index (Phi) is 4.37. The van der Waals surface area contributed by atoms with Crippen LogP contribution in [0.25, 0.3) is 0 Å². The normalized spacial score (nSPS) is 17.2. The first kappa shape index (κ1) is 13.5. The second-order valence-electron chi connectivity index (χ2n) is 4.68. The maximum Gasteiger partial charge on any atom is 0.240 e. The van der Waals surface area contributed by atoms with Gasteiger partial charge in [-0.05, 0) is 30.5 Å². The first-order valence-electron chi connectivity index (χ1n) is 6.22. The Bertz CT molecular complexity index is 475. The summed E-state index contributed by atoms with van der Waals surface area (Å²) in [4.78, 5) is 0.328. The Morgan fingerprint density at radius 1 is 1.22 bits per heavy atom. The maximum absolute atomic E-state index is 12.1. The molecule has 0 heterocycles. The van der Waals surface area contributed by atoms with Gasteiger partial charge in [-0.2, -0.15) is 0 Å². The van der Waals surface area contributed by atoms with E-state index in [1.165, 1.54) is 0 Å². The number of hydrogen-bond donors (Lipinski definition) is 1. The number of methoxy groups -OCH3 is 1. The lowest BCUT2D eigenvalue weighted by molar-refractivity contribution is 0.185. The van der Waals surface area contributed by atoms with Crippen LogP contribution in [-0.2, 0) is 21.4 Å². The van der Waals surface area contributed by atoms with Crippen molar-refractivity contribution in [1.29, 1.82) is 0 Å². The lowest BCUT2D eigenvalue weighted by Gasteiger charge is -2.12. The molecule has 1 N–H and O–H groups in total. The molecule has 0 unspecified atom stereocenters. The molecule has 0 atom stereocenters. The zero-order valence-corrected chi connectivity index (χ0v) is 11.4. The van der Waals surface area contributed by atoms with Gasteiger partial charge in [-0.25, -0.2) is 13.1 Å². The van der Waals surface area contributed by atoms with Gasteiger partial charge in [-0.1, -0.05) is 25.0 Å². The summed E-state index contributed by atoms with van der Waals surface area (Å²) in [6.45, 7) is 0.496. The van der Waals surface area contributed by atoms with Crippen LogP contribution in [-0.4, -0.2) is 21.6 Å². The zero-order valence-electron chi connectivity index (χ0n) is 10.6. The van der Waals surface area contributed by atoms with E-state index in [0.717, 1.165) is 31.2 Å². The summed E-state index contributed by atoms with van der Waals surface area (Å²) < 4.78 is 32.0. The highest BCUT2D eigenvalue weighted by atomic mass is 32.2. The van der Waals surface area contributed by atoms with E-state index in [1.54, 1.807) is 31.4 Å². The predicted octanol–water partition coefficient (Wildman–Crippen LogP) is 2.05. The highest BCUT2D eigenvalue weighted by Gasteiger charge is 2.22. The van der Waals surface area contributed by atoms with E-state index in [1.807, 2.05) is 0 Å². The minimum Gasteiger partial charge on any atom is -0.380 e. The Labute approximate surface area is 108 Å². The summed E-state index contributed by atoms with van der Waals surface area (Å²) in [5.74, 6) is 0. The van der Waals surface area contributed by atoms with Crippen molar-refractivity contribution in [2.45, 2.75) is 43.2 Å². The van der Waals surface area contributed by atoms with Crippen LogP contribution in [0.1, 0.15) is 31.2 Å². The standard InChI is InChI=1S/C13H19NO3S/c1-17-10-11-6-8-13(9-7-11)18(15,16)14-12-4-2-3-5-12/h6-9,12,14H,2-5,10H2,1H3. The summed E-state index contributed by atoms with van der Waals surface area (Å²) >= 11 is 0. The molecular weight excluding hydrogens is 250 g/mol. The third-order valence-electron chi connectivity index (χ3n) is 3.22. The summed E-state index contributed by atoms with van der Waals surface area (Å²) in [7, 11) is -1.75. The number of benzene rings is 1. The molecule has 0 saturated heterocycles. The van der Waals surface area contributed by atoms with Gasteiger partial charge in [0.25, 0.3) is 0 Å². The third kappa shape index (κ3) is 3.31.